The Morgan fingerprint density at radius 1 is 1.33 bits per heavy atom. The van der Waals surface area contributed by atoms with Crippen LogP contribution in [0.15, 0.2) is 34.9 Å². The van der Waals surface area contributed by atoms with Gasteiger partial charge in [-0.1, -0.05) is 11.6 Å². The fraction of sp³-hybridized carbons (Fsp3) is 0.154. The van der Waals surface area contributed by atoms with E-state index in [1.165, 1.54) is 6.07 Å². The number of halogens is 3. The molecule has 0 saturated carbocycles. The average Bonchev–Trinajstić information content (AvgIpc) is 2.35. The lowest BCUT2D eigenvalue weighted by Crippen LogP contribution is -2.11. The van der Waals surface area contributed by atoms with Gasteiger partial charge in [0.05, 0.1) is 5.02 Å². The van der Waals surface area contributed by atoms with E-state index < -0.39 is 5.82 Å². The maximum absolute atomic E-state index is 13.1. The van der Waals surface area contributed by atoms with E-state index >= 15 is 0 Å². The molecule has 1 aromatic carbocycles. The molecule has 2 rings (SSSR count). The fourth-order valence-corrected chi connectivity index (χ4v) is 1.93. The van der Waals surface area contributed by atoms with E-state index in [0.717, 1.165) is 21.5 Å². The SMILES string of the molecule is Cc1cc(N(C)c2ccc(F)c(Cl)c2)ncc1Br. The Bertz CT molecular complexity index is 538. The van der Waals surface area contributed by atoms with Crippen molar-refractivity contribution in [2.75, 3.05) is 11.9 Å². The molecule has 18 heavy (non-hydrogen) atoms. The number of aromatic nitrogens is 1. The van der Waals surface area contributed by atoms with Crippen molar-refractivity contribution >= 4 is 39.0 Å². The lowest BCUT2D eigenvalue weighted by atomic mass is 10.2. The van der Waals surface area contributed by atoms with Crippen LogP contribution in [0.5, 0.6) is 0 Å². The van der Waals surface area contributed by atoms with Crippen molar-refractivity contribution in [1.82, 2.24) is 4.98 Å². The summed E-state index contributed by atoms with van der Waals surface area (Å²) in [4.78, 5) is 6.16. The molecule has 0 N–H and O–H groups in total. The topological polar surface area (TPSA) is 16.1 Å². The summed E-state index contributed by atoms with van der Waals surface area (Å²) in [5, 5.41) is 0.105. The van der Waals surface area contributed by atoms with Crippen LogP contribution in [0.1, 0.15) is 5.56 Å². The molecule has 0 aliphatic carbocycles. The zero-order chi connectivity index (χ0) is 13.3. The summed E-state index contributed by atoms with van der Waals surface area (Å²) in [6, 6.07) is 6.54. The van der Waals surface area contributed by atoms with Crippen molar-refractivity contribution in [3.8, 4) is 0 Å². The molecular weight excluding hydrogens is 319 g/mol. The molecule has 0 saturated heterocycles. The van der Waals surface area contributed by atoms with Gasteiger partial charge in [-0.3, -0.25) is 0 Å². The van der Waals surface area contributed by atoms with Crippen molar-refractivity contribution < 1.29 is 4.39 Å². The zero-order valence-corrected chi connectivity index (χ0v) is 12.3. The molecule has 2 nitrogen and oxygen atoms in total. The minimum absolute atomic E-state index is 0.105. The van der Waals surface area contributed by atoms with Crippen LogP contribution in [0.2, 0.25) is 5.02 Å². The number of anilines is 2. The summed E-state index contributed by atoms with van der Waals surface area (Å²) in [5.74, 6) is 0.354. The fourth-order valence-electron chi connectivity index (χ4n) is 1.53. The van der Waals surface area contributed by atoms with Crippen molar-refractivity contribution in [3.63, 3.8) is 0 Å². The van der Waals surface area contributed by atoms with E-state index in [9.17, 15) is 4.39 Å². The third-order valence-corrected chi connectivity index (χ3v) is 3.79. The van der Waals surface area contributed by atoms with Gasteiger partial charge >= 0.3 is 0 Å². The highest BCUT2D eigenvalue weighted by Crippen LogP contribution is 2.28. The van der Waals surface area contributed by atoms with Crippen LogP contribution in [0, 0.1) is 12.7 Å². The number of rotatable bonds is 2. The summed E-state index contributed by atoms with van der Waals surface area (Å²) >= 11 is 9.18. The zero-order valence-electron chi connectivity index (χ0n) is 9.92. The molecule has 0 bridgehead atoms. The summed E-state index contributed by atoms with van der Waals surface area (Å²) in [6.07, 6.45) is 1.74. The quantitative estimate of drug-likeness (QED) is 0.793. The molecule has 5 heteroatoms. The predicted octanol–water partition coefficient (Wildman–Crippen LogP) is 4.71. The Labute approximate surface area is 119 Å². The van der Waals surface area contributed by atoms with Crippen LogP contribution >= 0.6 is 27.5 Å². The lowest BCUT2D eigenvalue weighted by molar-refractivity contribution is 0.628. The van der Waals surface area contributed by atoms with Gasteiger partial charge in [0.25, 0.3) is 0 Å². The summed E-state index contributed by atoms with van der Waals surface area (Å²) < 4.78 is 14.1. The monoisotopic (exact) mass is 328 g/mol. The van der Waals surface area contributed by atoms with Gasteiger partial charge in [-0.15, -0.1) is 0 Å². The minimum Gasteiger partial charge on any atom is -0.329 e. The Kier molecular flexibility index (Phi) is 3.88. The van der Waals surface area contributed by atoms with Gasteiger partial charge in [-0.2, -0.15) is 0 Å². The van der Waals surface area contributed by atoms with E-state index in [1.54, 1.807) is 18.3 Å². The number of hydrogen-bond donors (Lipinski definition) is 0. The van der Waals surface area contributed by atoms with Gasteiger partial charge < -0.3 is 4.90 Å². The predicted molar refractivity (Wildman–Crippen MR) is 76.1 cm³/mol. The molecule has 0 fully saturated rings. The van der Waals surface area contributed by atoms with Crippen LogP contribution in [0.25, 0.3) is 0 Å². The van der Waals surface area contributed by atoms with Crippen molar-refractivity contribution in [1.29, 1.82) is 0 Å². The molecule has 0 amide bonds. The van der Waals surface area contributed by atoms with Crippen LogP contribution in [0.4, 0.5) is 15.9 Å². The van der Waals surface area contributed by atoms with Gasteiger partial charge in [-0.25, -0.2) is 9.37 Å². The second-order valence-corrected chi connectivity index (χ2v) is 5.21. The highest BCUT2D eigenvalue weighted by Gasteiger charge is 2.09. The van der Waals surface area contributed by atoms with Gasteiger partial charge in [0.2, 0.25) is 0 Å². The first-order chi connectivity index (χ1) is 8.49. The van der Waals surface area contributed by atoms with E-state index in [-0.39, 0.29) is 5.02 Å². The smallest absolute Gasteiger partial charge is 0.141 e. The van der Waals surface area contributed by atoms with Crippen molar-refractivity contribution in [3.05, 3.63) is 51.3 Å². The maximum Gasteiger partial charge on any atom is 0.141 e. The molecule has 94 valence electrons. The first-order valence-corrected chi connectivity index (χ1v) is 6.47. The maximum atomic E-state index is 13.1. The Hall–Kier alpha value is -1.13. The summed E-state index contributed by atoms with van der Waals surface area (Å²) in [5.41, 5.74) is 1.87. The number of nitrogens with zero attached hydrogens (tertiary/aromatic N) is 2. The summed E-state index contributed by atoms with van der Waals surface area (Å²) in [6.45, 7) is 1.99. The van der Waals surface area contributed by atoms with Crippen molar-refractivity contribution in [2.45, 2.75) is 6.92 Å². The van der Waals surface area contributed by atoms with Crippen molar-refractivity contribution in [2.24, 2.45) is 0 Å². The number of pyridine rings is 1. The molecule has 0 radical (unpaired) electrons. The third kappa shape index (κ3) is 2.65. The molecule has 0 spiro atoms. The van der Waals surface area contributed by atoms with Crippen LogP contribution in [0.3, 0.4) is 0 Å². The second kappa shape index (κ2) is 5.24. The minimum atomic E-state index is -0.422. The number of aryl methyl sites for hydroxylation is 1. The number of hydrogen-bond acceptors (Lipinski definition) is 2. The van der Waals surface area contributed by atoms with E-state index in [2.05, 4.69) is 20.9 Å². The summed E-state index contributed by atoms with van der Waals surface area (Å²) in [7, 11) is 1.86. The average molecular weight is 330 g/mol. The normalized spacial score (nSPS) is 10.5. The van der Waals surface area contributed by atoms with Crippen LogP contribution < -0.4 is 4.90 Å². The molecule has 0 aliphatic rings. The first-order valence-electron chi connectivity index (χ1n) is 5.30. The van der Waals surface area contributed by atoms with Gasteiger partial charge in [0.15, 0.2) is 0 Å². The molecule has 0 atom stereocenters. The van der Waals surface area contributed by atoms with Crippen LogP contribution in [-0.4, -0.2) is 12.0 Å². The standard InChI is InChI=1S/C13H11BrClFN2/c1-8-5-13(17-7-10(8)14)18(2)9-3-4-12(16)11(15)6-9/h3-7H,1-2H3. The Morgan fingerprint density at radius 2 is 2.06 bits per heavy atom. The molecule has 1 heterocycles. The van der Waals surface area contributed by atoms with Crippen LogP contribution in [-0.2, 0) is 0 Å². The van der Waals surface area contributed by atoms with Gasteiger partial charge in [0, 0.05) is 23.4 Å². The van der Waals surface area contributed by atoms with E-state index in [4.69, 9.17) is 11.6 Å². The molecule has 1 aromatic heterocycles. The second-order valence-electron chi connectivity index (χ2n) is 3.95. The molecule has 0 aliphatic heterocycles. The molecular formula is C13H11BrClFN2. The largest absolute Gasteiger partial charge is 0.329 e. The van der Waals surface area contributed by atoms with E-state index in [1.807, 2.05) is 24.9 Å². The lowest BCUT2D eigenvalue weighted by Gasteiger charge is -2.19. The third-order valence-electron chi connectivity index (χ3n) is 2.67. The Morgan fingerprint density at radius 3 is 2.67 bits per heavy atom. The van der Waals surface area contributed by atoms with Gasteiger partial charge in [-0.05, 0) is 52.7 Å². The Balaban J connectivity index is 2.37. The van der Waals surface area contributed by atoms with Gasteiger partial charge in [0.1, 0.15) is 11.6 Å². The first kappa shape index (κ1) is 13.3. The number of benzene rings is 1. The molecule has 0 unspecified atom stereocenters. The highest BCUT2D eigenvalue weighted by molar-refractivity contribution is 9.10. The molecule has 2 aromatic rings. The van der Waals surface area contributed by atoms with E-state index in [0.29, 0.717) is 0 Å². The highest BCUT2D eigenvalue weighted by atomic mass is 79.9.